The maximum Gasteiger partial charge on any atom is 0.236 e. The molecule has 6 heteroatoms. The van der Waals surface area contributed by atoms with Crippen molar-refractivity contribution in [3.63, 3.8) is 0 Å². The summed E-state index contributed by atoms with van der Waals surface area (Å²) in [5.74, 6) is 0.351. The number of piperazine rings is 1. The molecular formula is C13H24N4O2. The second-order valence-electron chi connectivity index (χ2n) is 5.27. The zero-order chi connectivity index (χ0) is 13.7. The third kappa shape index (κ3) is 4.18. The van der Waals surface area contributed by atoms with E-state index in [1.54, 1.807) is 6.92 Å². The molecule has 0 spiro atoms. The Kier molecular flexibility index (Phi) is 5.15. The molecule has 1 N–H and O–H groups in total. The Morgan fingerprint density at radius 2 is 1.68 bits per heavy atom. The maximum atomic E-state index is 12.2. The predicted molar refractivity (Wildman–Crippen MR) is 72.8 cm³/mol. The van der Waals surface area contributed by atoms with Crippen molar-refractivity contribution in [3.05, 3.63) is 0 Å². The summed E-state index contributed by atoms with van der Waals surface area (Å²) in [6.07, 6.45) is 1.03. The van der Waals surface area contributed by atoms with E-state index < -0.39 is 0 Å². The zero-order valence-electron chi connectivity index (χ0n) is 11.7. The normalized spacial score (nSPS) is 22.2. The van der Waals surface area contributed by atoms with Crippen molar-refractivity contribution in [2.24, 2.45) is 0 Å². The fourth-order valence-electron chi connectivity index (χ4n) is 2.61. The minimum Gasteiger partial charge on any atom is -0.340 e. The van der Waals surface area contributed by atoms with Gasteiger partial charge in [0.1, 0.15) is 0 Å². The van der Waals surface area contributed by atoms with Crippen LogP contribution in [0.1, 0.15) is 13.3 Å². The van der Waals surface area contributed by atoms with Crippen LogP contribution in [0.25, 0.3) is 0 Å². The Morgan fingerprint density at radius 1 is 0.947 bits per heavy atom. The summed E-state index contributed by atoms with van der Waals surface area (Å²) in [5.41, 5.74) is 0. The molecule has 0 bridgehead atoms. The number of hydrogen-bond acceptors (Lipinski definition) is 4. The Balaban J connectivity index is 1.75. The van der Waals surface area contributed by atoms with Gasteiger partial charge in [0.05, 0.1) is 6.54 Å². The number of nitrogens with one attached hydrogen (secondary N) is 1. The van der Waals surface area contributed by atoms with Gasteiger partial charge >= 0.3 is 0 Å². The van der Waals surface area contributed by atoms with Crippen LogP contribution in [0.5, 0.6) is 0 Å². The standard InChI is InChI=1S/C13H24N4O2/c1-12(18)16-9-7-15(8-10-16)11-13(19)17-5-2-3-14-4-6-17/h14H,2-11H2,1H3. The van der Waals surface area contributed by atoms with E-state index in [4.69, 9.17) is 0 Å². The Morgan fingerprint density at radius 3 is 2.37 bits per heavy atom. The Hall–Kier alpha value is -1.14. The molecule has 2 rings (SSSR count). The van der Waals surface area contributed by atoms with Crippen LogP contribution in [0.2, 0.25) is 0 Å². The van der Waals surface area contributed by atoms with Gasteiger partial charge in [0.15, 0.2) is 0 Å². The third-order valence-electron chi connectivity index (χ3n) is 3.87. The van der Waals surface area contributed by atoms with Gasteiger partial charge in [-0.1, -0.05) is 0 Å². The number of nitrogens with zero attached hydrogens (tertiary/aromatic N) is 3. The van der Waals surface area contributed by atoms with Crippen LogP contribution in [0.4, 0.5) is 0 Å². The molecule has 6 nitrogen and oxygen atoms in total. The van der Waals surface area contributed by atoms with Crippen LogP contribution in [0.3, 0.4) is 0 Å². The van der Waals surface area contributed by atoms with E-state index in [-0.39, 0.29) is 11.8 Å². The van der Waals surface area contributed by atoms with E-state index in [0.29, 0.717) is 6.54 Å². The fraction of sp³-hybridized carbons (Fsp3) is 0.846. The highest BCUT2D eigenvalue weighted by Crippen LogP contribution is 2.04. The molecular weight excluding hydrogens is 244 g/mol. The highest BCUT2D eigenvalue weighted by atomic mass is 16.2. The number of carbonyl (C=O) groups excluding carboxylic acids is 2. The average molecular weight is 268 g/mol. The average Bonchev–Trinajstić information content (AvgIpc) is 2.68. The van der Waals surface area contributed by atoms with E-state index in [1.165, 1.54) is 0 Å². The monoisotopic (exact) mass is 268 g/mol. The van der Waals surface area contributed by atoms with E-state index in [9.17, 15) is 9.59 Å². The summed E-state index contributed by atoms with van der Waals surface area (Å²) >= 11 is 0. The molecule has 0 radical (unpaired) electrons. The first-order valence-corrected chi connectivity index (χ1v) is 7.13. The Labute approximate surface area is 114 Å². The van der Waals surface area contributed by atoms with Crippen molar-refractivity contribution in [1.82, 2.24) is 20.0 Å². The summed E-state index contributed by atoms with van der Waals surface area (Å²) < 4.78 is 0. The quantitative estimate of drug-likeness (QED) is 0.696. The molecule has 0 unspecified atom stereocenters. The van der Waals surface area contributed by atoms with Crippen LogP contribution < -0.4 is 5.32 Å². The van der Waals surface area contributed by atoms with Gasteiger partial charge in [-0.05, 0) is 13.0 Å². The lowest BCUT2D eigenvalue weighted by molar-refractivity contribution is -0.134. The lowest BCUT2D eigenvalue weighted by Gasteiger charge is -2.34. The van der Waals surface area contributed by atoms with Crippen molar-refractivity contribution >= 4 is 11.8 Å². The summed E-state index contributed by atoms with van der Waals surface area (Å²) in [5, 5.41) is 3.30. The van der Waals surface area contributed by atoms with Gasteiger partial charge in [-0.15, -0.1) is 0 Å². The summed E-state index contributed by atoms with van der Waals surface area (Å²) in [6, 6.07) is 0. The van der Waals surface area contributed by atoms with Crippen molar-refractivity contribution < 1.29 is 9.59 Å². The van der Waals surface area contributed by atoms with Gasteiger partial charge in [0.2, 0.25) is 11.8 Å². The molecule has 2 heterocycles. The van der Waals surface area contributed by atoms with Crippen LogP contribution in [0.15, 0.2) is 0 Å². The molecule has 2 aliphatic rings. The SMILES string of the molecule is CC(=O)N1CCN(CC(=O)N2CCCNCC2)CC1. The first-order valence-electron chi connectivity index (χ1n) is 7.13. The van der Waals surface area contributed by atoms with Gasteiger partial charge in [0, 0.05) is 52.7 Å². The molecule has 2 amide bonds. The van der Waals surface area contributed by atoms with Gasteiger partial charge in [0.25, 0.3) is 0 Å². The van der Waals surface area contributed by atoms with Crippen LogP contribution >= 0.6 is 0 Å². The highest BCUT2D eigenvalue weighted by molar-refractivity contribution is 5.78. The minimum absolute atomic E-state index is 0.129. The Bertz CT molecular complexity index is 319. The topological polar surface area (TPSA) is 55.9 Å². The molecule has 0 aromatic rings. The number of rotatable bonds is 2. The molecule has 0 aromatic heterocycles. The van der Waals surface area contributed by atoms with E-state index in [2.05, 4.69) is 10.2 Å². The molecule has 0 aromatic carbocycles. The number of hydrogen-bond donors (Lipinski definition) is 1. The van der Waals surface area contributed by atoms with Crippen LogP contribution in [0, 0.1) is 0 Å². The van der Waals surface area contributed by atoms with Crippen molar-refractivity contribution in [3.8, 4) is 0 Å². The minimum atomic E-state index is 0.129. The fourth-order valence-corrected chi connectivity index (χ4v) is 2.61. The summed E-state index contributed by atoms with van der Waals surface area (Å²) in [7, 11) is 0. The maximum absolute atomic E-state index is 12.2. The van der Waals surface area contributed by atoms with Gasteiger partial charge in [-0.2, -0.15) is 0 Å². The van der Waals surface area contributed by atoms with Gasteiger partial charge in [-0.3, -0.25) is 14.5 Å². The summed E-state index contributed by atoms with van der Waals surface area (Å²) in [6.45, 7) is 8.75. The lowest BCUT2D eigenvalue weighted by Crippen LogP contribution is -2.51. The molecule has 2 saturated heterocycles. The smallest absolute Gasteiger partial charge is 0.236 e. The molecule has 108 valence electrons. The first-order chi connectivity index (χ1) is 9.16. The van der Waals surface area contributed by atoms with Crippen LogP contribution in [-0.4, -0.2) is 85.4 Å². The second kappa shape index (κ2) is 6.86. The second-order valence-corrected chi connectivity index (χ2v) is 5.27. The first kappa shape index (κ1) is 14.3. The molecule has 2 fully saturated rings. The third-order valence-corrected chi connectivity index (χ3v) is 3.87. The van der Waals surface area contributed by atoms with E-state index >= 15 is 0 Å². The van der Waals surface area contributed by atoms with E-state index in [0.717, 1.165) is 58.8 Å². The number of amides is 2. The van der Waals surface area contributed by atoms with Gasteiger partial charge in [-0.25, -0.2) is 0 Å². The van der Waals surface area contributed by atoms with E-state index in [1.807, 2.05) is 9.80 Å². The van der Waals surface area contributed by atoms with Gasteiger partial charge < -0.3 is 15.1 Å². The lowest BCUT2D eigenvalue weighted by atomic mass is 10.3. The molecule has 0 aliphatic carbocycles. The molecule has 2 aliphatic heterocycles. The predicted octanol–water partition coefficient (Wildman–Crippen LogP) is -1.03. The highest BCUT2D eigenvalue weighted by Gasteiger charge is 2.22. The largest absolute Gasteiger partial charge is 0.340 e. The van der Waals surface area contributed by atoms with Crippen molar-refractivity contribution in [2.75, 3.05) is 58.9 Å². The van der Waals surface area contributed by atoms with Crippen molar-refractivity contribution in [2.45, 2.75) is 13.3 Å². The number of carbonyl (C=O) groups is 2. The summed E-state index contributed by atoms with van der Waals surface area (Å²) in [4.78, 5) is 29.4. The molecule has 19 heavy (non-hydrogen) atoms. The zero-order valence-corrected chi connectivity index (χ0v) is 11.7. The van der Waals surface area contributed by atoms with Crippen molar-refractivity contribution in [1.29, 1.82) is 0 Å². The molecule has 0 atom stereocenters. The van der Waals surface area contributed by atoms with Crippen LogP contribution in [-0.2, 0) is 9.59 Å². The molecule has 0 saturated carbocycles.